The molecular formula is C11H12FN3. The first-order valence-corrected chi connectivity index (χ1v) is 4.82. The number of nitrogens with one attached hydrogen (secondary N) is 2. The third-order valence-corrected chi connectivity index (χ3v) is 2.12. The van der Waals surface area contributed by atoms with Crippen LogP contribution in [0.5, 0.6) is 0 Å². The predicted octanol–water partition coefficient (Wildman–Crippen LogP) is 2.20. The third-order valence-electron chi connectivity index (χ3n) is 2.12. The molecule has 0 saturated carbocycles. The standard InChI is InChI=1S/C11H12FN3/c12-10-3-1-9(2-4-10)5-6-13-11-14-7-8-15-11/h1-4,7-8H,5-6H2,(H2,13,14,15). The lowest BCUT2D eigenvalue weighted by Crippen LogP contribution is -2.05. The SMILES string of the molecule is Fc1ccc(CCNc2ncc[nH]2)cc1. The van der Waals surface area contributed by atoms with E-state index in [2.05, 4.69) is 15.3 Å². The molecule has 2 rings (SSSR count). The zero-order valence-corrected chi connectivity index (χ0v) is 8.20. The van der Waals surface area contributed by atoms with Crippen LogP contribution in [0.25, 0.3) is 0 Å². The molecule has 0 amide bonds. The van der Waals surface area contributed by atoms with Crippen molar-refractivity contribution in [1.82, 2.24) is 9.97 Å². The number of hydrogen-bond donors (Lipinski definition) is 2. The van der Waals surface area contributed by atoms with Gasteiger partial charge in [0.2, 0.25) is 0 Å². The number of rotatable bonds is 4. The van der Waals surface area contributed by atoms with Crippen molar-refractivity contribution in [2.45, 2.75) is 6.42 Å². The molecule has 2 aromatic rings. The molecule has 1 heterocycles. The van der Waals surface area contributed by atoms with Crippen LogP contribution in [0.3, 0.4) is 0 Å². The van der Waals surface area contributed by atoms with Crippen LogP contribution in [0.4, 0.5) is 10.3 Å². The Hall–Kier alpha value is -1.84. The smallest absolute Gasteiger partial charge is 0.200 e. The fourth-order valence-corrected chi connectivity index (χ4v) is 1.34. The molecule has 0 bridgehead atoms. The van der Waals surface area contributed by atoms with Gasteiger partial charge in [-0.05, 0) is 24.1 Å². The van der Waals surface area contributed by atoms with E-state index in [1.54, 1.807) is 24.5 Å². The van der Waals surface area contributed by atoms with Gasteiger partial charge < -0.3 is 10.3 Å². The molecule has 0 aliphatic rings. The maximum absolute atomic E-state index is 12.6. The van der Waals surface area contributed by atoms with Crippen LogP contribution < -0.4 is 5.32 Å². The minimum Gasteiger partial charge on any atom is -0.355 e. The molecule has 1 aromatic heterocycles. The molecule has 0 spiro atoms. The van der Waals surface area contributed by atoms with Gasteiger partial charge in [0.05, 0.1) is 0 Å². The highest BCUT2D eigenvalue weighted by Crippen LogP contribution is 2.04. The molecule has 2 N–H and O–H groups in total. The molecule has 0 fully saturated rings. The van der Waals surface area contributed by atoms with Crippen molar-refractivity contribution in [3.63, 3.8) is 0 Å². The fraction of sp³-hybridized carbons (Fsp3) is 0.182. The topological polar surface area (TPSA) is 40.7 Å². The van der Waals surface area contributed by atoms with Crippen LogP contribution in [0.2, 0.25) is 0 Å². The predicted molar refractivity (Wildman–Crippen MR) is 57.2 cm³/mol. The summed E-state index contributed by atoms with van der Waals surface area (Å²) in [5.74, 6) is 0.565. The molecule has 0 aliphatic heterocycles. The lowest BCUT2D eigenvalue weighted by atomic mass is 10.1. The van der Waals surface area contributed by atoms with E-state index in [9.17, 15) is 4.39 Å². The van der Waals surface area contributed by atoms with Crippen LogP contribution in [0, 0.1) is 5.82 Å². The van der Waals surface area contributed by atoms with E-state index in [4.69, 9.17) is 0 Å². The molecule has 0 saturated heterocycles. The van der Waals surface area contributed by atoms with Gasteiger partial charge in [0, 0.05) is 18.9 Å². The highest BCUT2D eigenvalue weighted by molar-refractivity contribution is 5.24. The largest absolute Gasteiger partial charge is 0.355 e. The van der Waals surface area contributed by atoms with Gasteiger partial charge in [0.25, 0.3) is 0 Å². The molecular weight excluding hydrogens is 193 g/mol. The number of anilines is 1. The van der Waals surface area contributed by atoms with Crippen molar-refractivity contribution < 1.29 is 4.39 Å². The number of halogens is 1. The highest BCUT2D eigenvalue weighted by atomic mass is 19.1. The molecule has 1 aromatic carbocycles. The van der Waals surface area contributed by atoms with Gasteiger partial charge in [-0.15, -0.1) is 0 Å². The first-order valence-electron chi connectivity index (χ1n) is 4.82. The van der Waals surface area contributed by atoms with Crippen LogP contribution >= 0.6 is 0 Å². The monoisotopic (exact) mass is 205 g/mol. The number of aromatic amines is 1. The maximum Gasteiger partial charge on any atom is 0.200 e. The number of aromatic nitrogens is 2. The Morgan fingerprint density at radius 1 is 1.27 bits per heavy atom. The normalized spacial score (nSPS) is 10.2. The zero-order valence-electron chi connectivity index (χ0n) is 8.20. The van der Waals surface area contributed by atoms with Crippen molar-refractivity contribution in [3.8, 4) is 0 Å². The Balaban J connectivity index is 1.81. The third kappa shape index (κ3) is 2.80. The summed E-state index contributed by atoms with van der Waals surface area (Å²) in [6, 6.07) is 6.53. The van der Waals surface area contributed by atoms with Crippen molar-refractivity contribution in [2.75, 3.05) is 11.9 Å². The van der Waals surface area contributed by atoms with Crippen LogP contribution in [-0.2, 0) is 6.42 Å². The molecule has 0 atom stereocenters. The van der Waals surface area contributed by atoms with Crippen LogP contribution in [-0.4, -0.2) is 16.5 Å². The minimum absolute atomic E-state index is 0.197. The van der Waals surface area contributed by atoms with E-state index in [1.807, 2.05) is 0 Å². The van der Waals surface area contributed by atoms with Gasteiger partial charge in [0.15, 0.2) is 5.95 Å². The zero-order chi connectivity index (χ0) is 10.5. The summed E-state index contributed by atoms with van der Waals surface area (Å²) in [5, 5.41) is 3.13. The highest BCUT2D eigenvalue weighted by Gasteiger charge is 1.95. The molecule has 0 unspecified atom stereocenters. The van der Waals surface area contributed by atoms with E-state index in [-0.39, 0.29) is 5.82 Å². The lowest BCUT2D eigenvalue weighted by Gasteiger charge is -2.02. The average Bonchev–Trinajstić information content (AvgIpc) is 2.74. The first-order chi connectivity index (χ1) is 7.34. The number of hydrogen-bond acceptors (Lipinski definition) is 2. The van der Waals surface area contributed by atoms with Gasteiger partial charge in [-0.3, -0.25) is 0 Å². The maximum atomic E-state index is 12.6. The Morgan fingerprint density at radius 3 is 2.73 bits per heavy atom. The van der Waals surface area contributed by atoms with Gasteiger partial charge >= 0.3 is 0 Å². The first kappa shape index (κ1) is 9.71. The summed E-state index contributed by atoms with van der Waals surface area (Å²) in [6.45, 7) is 0.777. The minimum atomic E-state index is -0.197. The Morgan fingerprint density at radius 2 is 2.07 bits per heavy atom. The number of nitrogens with zero attached hydrogens (tertiary/aromatic N) is 1. The summed E-state index contributed by atoms with van der Waals surface area (Å²) in [7, 11) is 0. The van der Waals surface area contributed by atoms with E-state index >= 15 is 0 Å². The molecule has 0 radical (unpaired) electrons. The molecule has 3 nitrogen and oxygen atoms in total. The summed E-state index contributed by atoms with van der Waals surface area (Å²) < 4.78 is 12.6. The second-order valence-corrected chi connectivity index (χ2v) is 3.24. The van der Waals surface area contributed by atoms with Crippen molar-refractivity contribution in [3.05, 3.63) is 48.0 Å². The average molecular weight is 205 g/mol. The quantitative estimate of drug-likeness (QED) is 0.803. The fourth-order valence-electron chi connectivity index (χ4n) is 1.34. The molecule has 78 valence electrons. The second-order valence-electron chi connectivity index (χ2n) is 3.24. The van der Waals surface area contributed by atoms with Gasteiger partial charge in [-0.1, -0.05) is 12.1 Å². The van der Waals surface area contributed by atoms with E-state index < -0.39 is 0 Å². The summed E-state index contributed by atoms with van der Waals surface area (Å²) >= 11 is 0. The molecule has 15 heavy (non-hydrogen) atoms. The van der Waals surface area contributed by atoms with Gasteiger partial charge in [-0.25, -0.2) is 9.37 Å². The summed E-state index contributed by atoms with van der Waals surface area (Å²) in [5.41, 5.74) is 1.11. The van der Waals surface area contributed by atoms with Crippen molar-refractivity contribution >= 4 is 5.95 Å². The van der Waals surface area contributed by atoms with E-state index in [0.29, 0.717) is 0 Å². The Labute approximate surface area is 87.4 Å². The lowest BCUT2D eigenvalue weighted by molar-refractivity contribution is 0.627. The van der Waals surface area contributed by atoms with E-state index in [1.165, 1.54) is 12.1 Å². The van der Waals surface area contributed by atoms with Crippen molar-refractivity contribution in [2.24, 2.45) is 0 Å². The second kappa shape index (κ2) is 4.59. The molecule has 0 aliphatic carbocycles. The number of H-pyrrole nitrogens is 1. The molecule has 4 heteroatoms. The Bertz CT molecular complexity index is 394. The summed E-state index contributed by atoms with van der Waals surface area (Å²) in [6.07, 6.45) is 4.31. The number of benzene rings is 1. The van der Waals surface area contributed by atoms with Crippen LogP contribution in [0.1, 0.15) is 5.56 Å². The van der Waals surface area contributed by atoms with Crippen LogP contribution in [0.15, 0.2) is 36.7 Å². The van der Waals surface area contributed by atoms with Gasteiger partial charge in [-0.2, -0.15) is 0 Å². The van der Waals surface area contributed by atoms with Gasteiger partial charge in [0.1, 0.15) is 5.82 Å². The summed E-state index contributed by atoms with van der Waals surface area (Å²) in [4.78, 5) is 6.99. The Kier molecular flexibility index (Phi) is 2.97. The number of imidazole rings is 1. The van der Waals surface area contributed by atoms with Crippen molar-refractivity contribution in [1.29, 1.82) is 0 Å². The van der Waals surface area contributed by atoms with E-state index in [0.717, 1.165) is 24.5 Å².